The summed E-state index contributed by atoms with van der Waals surface area (Å²) >= 11 is 6.11. The fourth-order valence-corrected chi connectivity index (χ4v) is 2.48. The second kappa shape index (κ2) is 5.36. The van der Waals surface area contributed by atoms with Crippen LogP contribution in [0, 0.1) is 5.92 Å². The zero-order chi connectivity index (χ0) is 12.3. The quantitative estimate of drug-likeness (QED) is 0.873. The standard InChI is InChI=1S/C12H16ClN3O/c1-14-12(17)9-3-2-6-16(8-9)11-4-5-15-7-10(11)13/h4-5,7,9H,2-3,6,8H2,1H3,(H,14,17). The summed E-state index contributed by atoms with van der Waals surface area (Å²) < 4.78 is 0. The molecule has 2 rings (SSSR count). The number of pyridine rings is 1. The SMILES string of the molecule is CNC(=O)C1CCCN(c2ccncc2Cl)C1. The maximum absolute atomic E-state index is 11.6. The molecule has 0 spiro atoms. The number of halogens is 1. The van der Waals surface area contributed by atoms with Gasteiger partial charge in [0, 0.05) is 32.5 Å². The van der Waals surface area contributed by atoms with Crippen molar-refractivity contribution in [2.45, 2.75) is 12.8 Å². The summed E-state index contributed by atoms with van der Waals surface area (Å²) in [5.74, 6) is 0.165. The van der Waals surface area contributed by atoms with Gasteiger partial charge in [-0.15, -0.1) is 0 Å². The summed E-state index contributed by atoms with van der Waals surface area (Å²) in [6, 6.07) is 1.90. The van der Waals surface area contributed by atoms with E-state index < -0.39 is 0 Å². The Kier molecular flexibility index (Phi) is 3.84. The van der Waals surface area contributed by atoms with Gasteiger partial charge < -0.3 is 10.2 Å². The Morgan fingerprint density at radius 1 is 1.65 bits per heavy atom. The molecular weight excluding hydrogens is 238 g/mol. The molecule has 2 heterocycles. The molecule has 1 amide bonds. The lowest BCUT2D eigenvalue weighted by Gasteiger charge is -2.33. The van der Waals surface area contributed by atoms with Crippen LogP contribution in [0.15, 0.2) is 18.5 Å². The Morgan fingerprint density at radius 2 is 2.47 bits per heavy atom. The first-order valence-corrected chi connectivity index (χ1v) is 6.16. The minimum atomic E-state index is 0.0537. The highest BCUT2D eigenvalue weighted by Gasteiger charge is 2.25. The van der Waals surface area contributed by atoms with Gasteiger partial charge in [-0.05, 0) is 18.9 Å². The van der Waals surface area contributed by atoms with Crippen LogP contribution in [0.25, 0.3) is 0 Å². The fraction of sp³-hybridized carbons (Fsp3) is 0.500. The first-order chi connectivity index (χ1) is 8.22. The molecule has 0 aliphatic carbocycles. The molecule has 0 radical (unpaired) electrons. The third kappa shape index (κ3) is 2.69. The zero-order valence-electron chi connectivity index (χ0n) is 9.82. The van der Waals surface area contributed by atoms with Crippen LogP contribution in [0.5, 0.6) is 0 Å². The molecule has 1 N–H and O–H groups in total. The third-order valence-electron chi connectivity index (χ3n) is 3.13. The first kappa shape index (κ1) is 12.2. The van der Waals surface area contributed by atoms with Crippen molar-refractivity contribution < 1.29 is 4.79 Å². The van der Waals surface area contributed by atoms with Crippen molar-refractivity contribution in [1.29, 1.82) is 0 Å². The summed E-state index contributed by atoms with van der Waals surface area (Å²) in [6.45, 7) is 1.67. The second-order valence-electron chi connectivity index (χ2n) is 4.23. The number of rotatable bonds is 2. The maximum atomic E-state index is 11.6. The minimum absolute atomic E-state index is 0.0537. The topological polar surface area (TPSA) is 45.2 Å². The molecule has 1 fully saturated rings. The van der Waals surface area contributed by atoms with Crippen LogP contribution in [-0.2, 0) is 4.79 Å². The molecule has 1 aliphatic heterocycles. The van der Waals surface area contributed by atoms with Crippen LogP contribution in [0.3, 0.4) is 0 Å². The molecule has 1 unspecified atom stereocenters. The highest BCUT2D eigenvalue weighted by Crippen LogP contribution is 2.28. The van der Waals surface area contributed by atoms with Crippen LogP contribution in [0.1, 0.15) is 12.8 Å². The molecule has 92 valence electrons. The molecule has 1 saturated heterocycles. The summed E-state index contributed by atoms with van der Waals surface area (Å²) in [4.78, 5) is 17.8. The number of hydrogen-bond donors (Lipinski definition) is 1. The van der Waals surface area contributed by atoms with Gasteiger partial charge in [-0.1, -0.05) is 11.6 Å². The molecule has 4 nitrogen and oxygen atoms in total. The van der Waals surface area contributed by atoms with E-state index in [4.69, 9.17) is 11.6 Å². The molecule has 17 heavy (non-hydrogen) atoms. The number of piperidine rings is 1. The van der Waals surface area contributed by atoms with Crippen molar-refractivity contribution in [2.24, 2.45) is 5.92 Å². The molecule has 1 aromatic rings. The number of carbonyl (C=O) groups is 1. The Hall–Kier alpha value is -1.29. The van der Waals surface area contributed by atoms with E-state index in [9.17, 15) is 4.79 Å². The minimum Gasteiger partial charge on any atom is -0.369 e. The van der Waals surface area contributed by atoms with Crippen LogP contribution in [0.4, 0.5) is 5.69 Å². The van der Waals surface area contributed by atoms with E-state index in [-0.39, 0.29) is 11.8 Å². The molecule has 1 aromatic heterocycles. The Bertz CT molecular complexity index is 410. The Balaban J connectivity index is 2.12. The van der Waals surface area contributed by atoms with Gasteiger partial charge in [0.25, 0.3) is 0 Å². The van der Waals surface area contributed by atoms with Crippen molar-refractivity contribution in [3.63, 3.8) is 0 Å². The van der Waals surface area contributed by atoms with Gasteiger partial charge in [0.15, 0.2) is 0 Å². The predicted octanol–water partition coefficient (Wildman–Crippen LogP) is 1.70. The number of nitrogens with zero attached hydrogens (tertiary/aromatic N) is 2. The van der Waals surface area contributed by atoms with Crippen LogP contribution in [0.2, 0.25) is 5.02 Å². The van der Waals surface area contributed by atoms with Gasteiger partial charge in [-0.3, -0.25) is 9.78 Å². The smallest absolute Gasteiger partial charge is 0.224 e. The highest BCUT2D eigenvalue weighted by atomic mass is 35.5. The van der Waals surface area contributed by atoms with E-state index in [1.54, 1.807) is 19.4 Å². The average molecular weight is 254 g/mol. The van der Waals surface area contributed by atoms with Gasteiger partial charge in [-0.2, -0.15) is 0 Å². The highest BCUT2D eigenvalue weighted by molar-refractivity contribution is 6.33. The molecule has 5 heteroatoms. The maximum Gasteiger partial charge on any atom is 0.224 e. The predicted molar refractivity (Wildman–Crippen MR) is 68.3 cm³/mol. The van der Waals surface area contributed by atoms with Gasteiger partial charge >= 0.3 is 0 Å². The molecular formula is C12H16ClN3O. The summed E-state index contributed by atoms with van der Waals surface area (Å²) in [7, 11) is 1.68. The number of hydrogen-bond acceptors (Lipinski definition) is 3. The van der Waals surface area contributed by atoms with Crippen LogP contribution in [-0.4, -0.2) is 31.0 Å². The Morgan fingerprint density at radius 3 is 3.18 bits per heavy atom. The van der Waals surface area contributed by atoms with E-state index in [2.05, 4.69) is 15.2 Å². The normalized spacial score (nSPS) is 20.1. The lowest BCUT2D eigenvalue weighted by Crippen LogP contribution is -2.42. The van der Waals surface area contributed by atoms with E-state index in [1.807, 2.05) is 6.07 Å². The van der Waals surface area contributed by atoms with Gasteiger partial charge in [0.2, 0.25) is 5.91 Å². The van der Waals surface area contributed by atoms with Crippen molar-refractivity contribution in [1.82, 2.24) is 10.3 Å². The number of aromatic nitrogens is 1. The summed E-state index contributed by atoms with van der Waals surface area (Å²) in [5.41, 5.74) is 0.968. The lowest BCUT2D eigenvalue weighted by atomic mass is 9.97. The second-order valence-corrected chi connectivity index (χ2v) is 4.63. The zero-order valence-corrected chi connectivity index (χ0v) is 10.6. The fourth-order valence-electron chi connectivity index (χ4n) is 2.24. The molecule has 0 bridgehead atoms. The molecule has 0 aromatic carbocycles. The average Bonchev–Trinajstić information content (AvgIpc) is 2.38. The van der Waals surface area contributed by atoms with Gasteiger partial charge in [0.1, 0.15) is 0 Å². The van der Waals surface area contributed by atoms with Crippen molar-refractivity contribution in [3.8, 4) is 0 Å². The van der Waals surface area contributed by atoms with Crippen molar-refractivity contribution in [2.75, 3.05) is 25.0 Å². The number of carbonyl (C=O) groups excluding carboxylic acids is 1. The molecule has 0 saturated carbocycles. The lowest BCUT2D eigenvalue weighted by molar-refractivity contribution is -0.124. The third-order valence-corrected chi connectivity index (χ3v) is 3.42. The van der Waals surface area contributed by atoms with E-state index in [0.717, 1.165) is 31.6 Å². The monoisotopic (exact) mass is 253 g/mol. The number of anilines is 1. The summed E-state index contributed by atoms with van der Waals surface area (Å²) in [5, 5.41) is 3.35. The van der Waals surface area contributed by atoms with E-state index >= 15 is 0 Å². The summed E-state index contributed by atoms with van der Waals surface area (Å²) in [6.07, 6.45) is 5.32. The van der Waals surface area contributed by atoms with Crippen LogP contribution >= 0.6 is 11.6 Å². The number of amides is 1. The van der Waals surface area contributed by atoms with Crippen molar-refractivity contribution >= 4 is 23.2 Å². The van der Waals surface area contributed by atoms with E-state index in [0.29, 0.717) is 5.02 Å². The molecule has 1 atom stereocenters. The first-order valence-electron chi connectivity index (χ1n) is 5.78. The van der Waals surface area contributed by atoms with Crippen molar-refractivity contribution in [3.05, 3.63) is 23.5 Å². The van der Waals surface area contributed by atoms with Gasteiger partial charge in [-0.25, -0.2) is 0 Å². The van der Waals surface area contributed by atoms with E-state index in [1.165, 1.54) is 0 Å². The Labute approximate surface area is 106 Å². The van der Waals surface area contributed by atoms with Gasteiger partial charge in [0.05, 0.1) is 16.6 Å². The largest absolute Gasteiger partial charge is 0.369 e. The molecule has 1 aliphatic rings. The van der Waals surface area contributed by atoms with Crippen LogP contribution < -0.4 is 10.2 Å². The number of nitrogens with one attached hydrogen (secondary N) is 1.